The van der Waals surface area contributed by atoms with Crippen molar-refractivity contribution in [2.45, 2.75) is 6.92 Å². The zero-order valence-corrected chi connectivity index (χ0v) is 18.7. The topological polar surface area (TPSA) is 95.1 Å². The minimum atomic E-state index is -0.384. The number of carbonyl (C=O) groups excluding carboxylic acids is 2. The van der Waals surface area contributed by atoms with E-state index in [2.05, 4.69) is 10.6 Å². The highest BCUT2D eigenvalue weighted by Gasteiger charge is 2.16. The number of carbonyl (C=O) groups is 2. The van der Waals surface area contributed by atoms with Crippen molar-refractivity contribution in [2.75, 3.05) is 38.1 Å². The van der Waals surface area contributed by atoms with E-state index in [1.807, 2.05) is 13.0 Å². The average molecular weight is 450 g/mol. The third kappa shape index (κ3) is 6.39. The number of amides is 2. The van der Waals surface area contributed by atoms with Crippen molar-refractivity contribution in [1.29, 1.82) is 0 Å². The molecule has 0 heterocycles. The first-order valence-corrected chi connectivity index (χ1v) is 10.3. The van der Waals surface area contributed by atoms with E-state index in [1.165, 1.54) is 14.2 Å². The van der Waals surface area contributed by atoms with Crippen molar-refractivity contribution in [3.8, 4) is 23.0 Å². The van der Waals surface area contributed by atoms with E-state index in [1.54, 1.807) is 60.7 Å². The summed E-state index contributed by atoms with van der Waals surface area (Å²) in [6, 6.07) is 19.0. The SMILES string of the molecule is CCOc1ccc(OCC(=O)Nc2cc(OC)c(NC(=O)c3ccccc3)cc2OC)cc1. The van der Waals surface area contributed by atoms with Gasteiger partial charge in [-0.3, -0.25) is 9.59 Å². The third-order valence-corrected chi connectivity index (χ3v) is 4.58. The summed E-state index contributed by atoms with van der Waals surface area (Å²) < 4.78 is 21.7. The molecule has 0 bridgehead atoms. The van der Waals surface area contributed by atoms with Gasteiger partial charge < -0.3 is 29.6 Å². The minimum Gasteiger partial charge on any atom is -0.494 e. The second-order valence-electron chi connectivity index (χ2n) is 6.81. The highest BCUT2D eigenvalue weighted by atomic mass is 16.5. The van der Waals surface area contributed by atoms with Gasteiger partial charge in [-0.2, -0.15) is 0 Å². The summed E-state index contributed by atoms with van der Waals surface area (Å²) in [6.07, 6.45) is 0. The third-order valence-electron chi connectivity index (χ3n) is 4.58. The molecular formula is C25H26N2O6. The van der Waals surface area contributed by atoms with Crippen LogP contribution in [0.5, 0.6) is 23.0 Å². The Bertz CT molecular complexity index is 1080. The number of benzene rings is 3. The Kier molecular flexibility index (Phi) is 8.13. The lowest BCUT2D eigenvalue weighted by Gasteiger charge is -2.16. The molecule has 2 amide bonds. The molecule has 0 saturated heterocycles. The fourth-order valence-electron chi connectivity index (χ4n) is 3.01. The van der Waals surface area contributed by atoms with Gasteiger partial charge in [-0.05, 0) is 43.3 Å². The van der Waals surface area contributed by atoms with Crippen molar-refractivity contribution in [3.63, 3.8) is 0 Å². The van der Waals surface area contributed by atoms with E-state index < -0.39 is 0 Å². The van der Waals surface area contributed by atoms with Gasteiger partial charge in [0.1, 0.15) is 23.0 Å². The van der Waals surface area contributed by atoms with Crippen molar-refractivity contribution < 1.29 is 28.5 Å². The summed E-state index contributed by atoms with van der Waals surface area (Å²) >= 11 is 0. The predicted molar refractivity (Wildman–Crippen MR) is 126 cm³/mol. The quantitative estimate of drug-likeness (QED) is 0.476. The average Bonchev–Trinajstić information content (AvgIpc) is 2.84. The summed E-state index contributed by atoms with van der Waals surface area (Å²) in [7, 11) is 2.94. The number of rotatable bonds is 10. The maximum atomic E-state index is 12.5. The van der Waals surface area contributed by atoms with Gasteiger partial charge in [-0.25, -0.2) is 0 Å². The Labute approximate surface area is 192 Å². The molecule has 3 rings (SSSR count). The van der Waals surface area contributed by atoms with Gasteiger partial charge in [-0.1, -0.05) is 18.2 Å². The molecule has 0 atom stereocenters. The summed E-state index contributed by atoms with van der Waals surface area (Å²) in [5.74, 6) is 1.31. The first-order chi connectivity index (χ1) is 16.0. The second-order valence-corrected chi connectivity index (χ2v) is 6.81. The van der Waals surface area contributed by atoms with Crippen LogP contribution >= 0.6 is 0 Å². The van der Waals surface area contributed by atoms with Gasteiger partial charge in [-0.15, -0.1) is 0 Å². The van der Waals surface area contributed by atoms with Crippen LogP contribution in [-0.2, 0) is 4.79 Å². The summed E-state index contributed by atoms with van der Waals surface area (Å²) in [6.45, 7) is 2.27. The van der Waals surface area contributed by atoms with E-state index in [4.69, 9.17) is 18.9 Å². The van der Waals surface area contributed by atoms with Crippen molar-refractivity contribution in [2.24, 2.45) is 0 Å². The molecule has 33 heavy (non-hydrogen) atoms. The fraction of sp³-hybridized carbons (Fsp3) is 0.200. The molecule has 0 aromatic heterocycles. The molecule has 0 aliphatic carbocycles. The normalized spacial score (nSPS) is 10.2. The summed E-state index contributed by atoms with van der Waals surface area (Å²) in [5, 5.41) is 5.55. The van der Waals surface area contributed by atoms with Crippen LogP contribution in [0, 0.1) is 0 Å². The van der Waals surface area contributed by atoms with Gasteiger partial charge >= 0.3 is 0 Å². The van der Waals surface area contributed by atoms with Crippen molar-refractivity contribution in [3.05, 3.63) is 72.3 Å². The summed E-state index contributed by atoms with van der Waals surface area (Å²) in [4.78, 5) is 25.0. The zero-order chi connectivity index (χ0) is 23.6. The molecule has 0 unspecified atom stereocenters. The first kappa shape index (κ1) is 23.5. The maximum Gasteiger partial charge on any atom is 0.262 e. The monoisotopic (exact) mass is 450 g/mol. The lowest BCUT2D eigenvalue weighted by Crippen LogP contribution is -2.21. The van der Waals surface area contributed by atoms with Crippen LogP contribution in [0.25, 0.3) is 0 Å². The van der Waals surface area contributed by atoms with Gasteiger partial charge in [0.15, 0.2) is 6.61 Å². The van der Waals surface area contributed by atoms with E-state index in [0.717, 1.165) is 5.75 Å². The number of hydrogen-bond acceptors (Lipinski definition) is 6. The van der Waals surface area contributed by atoms with Crippen LogP contribution in [0.4, 0.5) is 11.4 Å². The van der Waals surface area contributed by atoms with Gasteiger partial charge in [0.2, 0.25) is 0 Å². The molecule has 0 fully saturated rings. The molecule has 172 valence electrons. The first-order valence-electron chi connectivity index (χ1n) is 10.3. The van der Waals surface area contributed by atoms with E-state index >= 15 is 0 Å². The van der Waals surface area contributed by atoms with Gasteiger partial charge in [0.05, 0.1) is 32.2 Å². The molecule has 0 aliphatic heterocycles. The molecule has 0 aliphatic rings. The Balaban J connectivity index is 1.68. The van der Waals surface area contributed by atoms with Crippen LogP contribution in [0.1, 0.15) is 17.3 Å². The molecule has 0 saturated carbocycles. The van der Waals surface area contributed by atoms with Crippen LogP contribution < -0.4 is 29.6 Å². The second kappa shape index (κ2) is 11.4. The number of ether oxygens (including phenoxy) is 4. The molecule has 0 radical (unpaired) electrons. The molecule has 3 aromatic carbocycles. The Morgan fingerprint density at radius 2 is 1.30 bits per heavy atom. The van der Waals surface area contributed by atoms with Crippen LogP contribution in [0.15, 0.2) is 66.7 Å². The lowest BCUT2D eigenvalue weighted by atomic mass is 10.2. The van der Waals surface area contributed by atoms with E-state index in [-0.39, 0.29) is 18.4 Å². The maximum absolute atomic E-state index is 12.5. The van der Waals surface area contributed by atoms with Crippen molar-refractivity contribution >= 4 is 23.2 Å². The Morgan fingerprint density at radius 3 is 1.85 bits per heavy atom. The smallest absolute Gasteiger partial charge is 0.262 e. The predicted octanol–water partition coefficient (Wildman–Crippen LogP) is 4.37. The minimum absolute atomic E-state index is 0.202. The number of nitrogens with one attached hydrogen (secondary N) is 2. The van der Waals surface area contributed by atoms with E-state index in [0.29, 0.717) is 40.8 Å². The fourth-order valence-corrected chi connectivity index (χ4v) is 3.01. The molecular weight excluding hydrogens is 424 g/mol. The number of hydrogen-bond donors (Lipinski definition) is 2. The molecule has 0 spiro atoms. The highest BCUT2D eigenvalue weighted by Crippen LogP contribution is 2.36. The Morgan fingerprint density at radius 1 is 0.758 bits per heavy atom. The number of anilines is 2. The van der Waals surface area contributed by atoms with Crippen LogP contribution in [-0.4, -0.2) is 39.2 Å². The largest absolute Gasteiger partial charge is 0.494 e. The van der Waals surface area contributed by atoms with Crippen LogP contribution in [0.2, 0.25) is 0 Å². The molecule has 2 N–H and O–H groups in total. The Hall–Kier alpha value is -4.20. The molecule has 3 aromatic rings. The standard InChI is InChI=1S/C25H26N2O6/c1-4-32-18-10-12-19(13-11-18)33-16-24(28)26-20-14-23(31-3)21(15-22(20)30-2)27-25(29)17-8-6-5-7-9-17/h5-15H,4,16H2,1-3H3,(H,26,28)(H,27,29). The van der Waals surface area contributed by atoms with E-state index in [9.17, 15) is 9.59 Å². The zero-order valence-electron chi connectivity index (χ0n) is 18.7. The van der Waals surface area contributed by atoms with Gasteiger partial charge in [0, 0.05) is 17.7 Å². The molecule has 8 heteroatoms. The van der Waals surface area contributed by atoms with Crippen LogP contribution in [0.3, 0.4) is 0 Å². The lowest BCUT2D eigenvalue weighted by molar-refractivity contribution is -0.118. The van der Waals surface area contributed by atoms with Gasteiger partial charge in [0.25, 0.3) is 11.8 Å². The van der Waals surface area contributed by atoms with Crippen molar-refractivity contribution in [1.82, 2.24) is 0 Å². The highest BCUT2D eigenvalue weighted by molar-refractivity contribution is 6.05. The molecule has 8 nitrogen and oxygen atoms in total. The number of methoxy groups -OCH3 is 2. The summed E-state index contributed by atoms with van der Waals surface area (Å²) in [5.41, 5.74) is 1.29.